The fourth-order valence-electron chi connectivity index (χ4n) is 1.67. The zero-order valence-corrected chi connectivity index (χ0v) is 8.75. The summed E-state index contributed by atoms with van der Waals surface area (Å²) < 4.78 is 5.20. The number of aryl methyl sites for hydroxylation is 1. The first-order chi connectivity index (χ1) is 7.25. The lowest BCUT2D eigenvalue weighted by Gasteiger charge is -2.20. The number of hydrogen-bond donors (Lipinski definition) is 2. The van der Waals surface area contributed by atoms with Crippen molar-refractivity contribution in [2.75, 3.05) is 18.5 Å². The quantitative estimate of drug-likeness (QED) is 0.766. The number of anilines is 1. The third-order valence-electron chi connectivity index (χ3n) is 2.55. The molecule has 2 heterocycles. The van der Waals surface area contributed by atoms with Crippen molar-refractivity contribution in [1.82, 2.24) is 10.2 Å². The van der Waals surface area contributed by atoms with Crippen molar-refractivity contribution in [2.45, 2.75) is 19.8 Å². The summed E-state index contributed by atoms with van der Waals surface area (Å²) >= 11 is 0. The highest BCUT2D eigenvalue weighted by Gasteiger charge is 2.21. The molecule has 0 saturated carbocycles. The van der Waals surface area contributed by atoms with E-state index in [0.717, 1.165) is 18.5 Å². The predicted octanol–water partition coefficient (Wildman–Crippen LogP) is 1.08. The molecule has 0 spiro atoms. The third kappa shape index (κ3) is 2.56. The first kappa shape index (κ1) is 10.2. The van der Waals surface area contributed by atoms with Gasteiger partial charge in [0.2, 0.25) is 5.91 Å². The molecule has 1 saturated heterocycles. The van der Waals surface area contributed by atoms with E-state index >= 15 is 0 Å². The van der Waals surface area contributed by atoms with E-state index in [1.165, 1.54) is 0 Å². The van der Waals surface area contributed by atoms with Crippen molar-refractivity contribution in [3.8, 4) is 0 Å². The summed E-state index contributed by atoms with van der Waals surface area (Å²) in [6, 6.07) is 1.82. The number of aromatic amines is 1. The maximum atomic E-state index is 11.8. The fourth-order valence-corrected chi connectivity index (χ4v) is 1.67. The summed E-state index contributed by atoms with van der Waals surface area (Å²) in [5, 5.41) is 9.55. The molecule has 0 aliphatic carbocycles. The second-order valence-corrected chi connectivity index (χ2v) is 3.81. The zero-order valence-electron chi connectivity index (χ0n) is 8.75. The molecule has 1 aromatic rings. The summed E-state index contributed by atoms with van der Waals surface area (Å²) in [5.41, 5.74) is 0.942. The smallest absolute Gasteiger partial charge is 0.228 e. The first-order valence-corrected chi connectivity index (χ1v) is 5.16. The van der Waals surface area contributed by atoms with E-state index in [1.54, 1.807) is 0 Å². The van der Waals surface area contributed by atoms with Crippen LogP contribution >= 0.6 is 0 Å². The fraction of sp³-hybridized carbons (Fsp3) is 0.600. The molecule has 1 aromatic heterocycles. The highest BCUT2D eigenvalue weighted by molar-refractivity contribution is 5.91. The van der Waals surface area contributed by atoms with Gasteiger partial charge in [-0.25, -0.2) is 0 Å². The molecular formula is C10H15N3O2. The first-order valence-electron chi connectivity index (χ1n) is 5.16. The maximum absolute atomic E-state index is 11.8. The number of amides is 1. The standard InChI is InChI=1S/C10H15N3O2/c1-7-6-9(13-12-7)11-10(14)8-2-4-15-5-3-8/h6,8H,2-5H2,1H3,(H2,11,12,13,14). The second-order valence-electron chi connectivity index (χ2n) is 3.81. The highest BCUT2D eigenvalue weighted by Crippen LogP contribution is 2.16. The molecule has 1 amide bonds. The average molecular weight is 209 g/mol. The number of aromatic nitrogens is 2. The number of nitrogens with zero attached hydrogens (tertiary/aromatic N) is 1. The summed E-state index contributed by atoms with van der Waals surface area (Å²) in [7, 11) is 0. The molecule has 2 N–H and O–H groups in total. The molecule has 1 fully saturated rings. The minimum absolute atomic E-state index is 0.0461. The molecule has 0 radical (unpaired) electrons. The molecule has 0 atom stereocenters. The summed E-state index contributed by atoms with van der Waals surface area (Å²) in [6.07, 6.45) is 1.60. The van der Waals surface area contributed by atoms with Crippen LogP contribution in [0.5, 0.6) is 0 Å². The van der Waals surface area contributed by atoms with Crippen LogP contribution < -0.4 is 5.32 Å². The molecule has 82 valence electrons. The van der Waals surface area contributed by atoms with Gasteiger partial charge < -0.3 is 10.1 Å². The molecular weight excluding hydrogens is 194 g/mol. The molecule has 1 aliphatic rings. The Morgan fingerprint density at radius 1 is 1.60 bits per heavy atom. The van der Waals surface area contributed by atoms with Crippen LogP contribution in [0.1, 0.15) is 18.5 Å². The van der Waals surface area contributed by atoms with Crippen molar-refractivity contribution >= 4 is 11.7 Å². The van der Waals surface area contributed by atoms with E-state index in [-0.39, 0.29) is 11.8 Å². The van der Waals surface area contributed by atoms with E-state index in [1.807, 2.05) is 13.0 Å². The Morgan fingerprint density at radius 3 is 2.93 bits per heavy atom. The van der Waals surface area contributed by atoms with Crippen LogP contribution in [0, 0.1) is 12.8 Å². The monoisotopic (exact) mass is 209 g/mol. The number of hydrogen-bond acceptors (Lipinski definition) is 3. The summed E-state index contributed by atoms with van der Waals surface area (Å²) in [5.74, 6) is 0.713. The summed E-state index contributed by atoms with van der Waals surface area (Å²) in [6.45, 7) is 3.26. The van der Waals surface area contributed by atoms with Gasteiger partial charge in [0.1, 0.15) is 0 Å². The minimum Gasteiger partial charge on any atom is -0.381 e. The van der Waals surface area contributed by atoms with Crippen molar-refractivity contribution in [3.63, 3.8) is 0 Å². The van der Waals surface area contributed by atoms with Crippen molar-refractivity contribution in [1.29, 1.82) is 0 Å². The number of nitrogens with one attached hydrogen (secondary N) is 2. The van der Waals surface area contributed by atoms with Gasteiger partial charge in [-0.05, 0) is 19.8 Å². The lowest BCUT2D eigenvalue weighted by Crippen LogP contribution is -2.28. The molecule has 15 heavy (non-hydrogen) atoms. The van der Waals surface area contributed by atoms with Gasteiger partial charge in [0.25, 0.3) is 0 Å². The maximum Gasteiger partial charge on any atom is 0.228 e. The highest BCUT2D eigenvalue weighted by atomic mass is 16.5. The molecule has 0 bridgehead atoms. The normalized spacial score (nSPS) is 17.7. The topological polar surface area (TPSA) is 67.0 Å². The van der Waals surface area contributed by atoms with Crippen LogP contribution in [-0.2, 0) is 9.53 Å². The van der Waals surface area contributed by atoms with Crippen LogP contribution in [0.25, 0.3) is 0 Å². The third-order valence-corrected chi connectivity index (χ3v) is 2.55. The Morgan fingerprint density at radius 2 is 2.33 bits per heavy atom. The SMILES string of the molecule is Cc1cc(NC(=O)C2CCOCC2)n[nH]1. The Bertz CT molecular complexity index is 342. The van der Waals surface area contributed by atoms with E-state index in [2.05, 4.69) is 15.5 Å². The van der Waals surface area contributed by atoms with Gasteiger partial charge in [0.15, 0.2) is 5.82 Å². The van der Waals surface area contributed by atoms with E-state index in [4.69, 9.17) is 4.74 Å². The molecule has 0 aromatic carbocycles. The van der Waals surface area contributed by atoms with Gasteiger partial charge in [-0.2, -0.15) is 5.10 Å². The van der Waals surface area contributed by atoms with Gasteiger partial charge in [0.05, 0.1) is 0 Å². The zero-order chi connectivity index (χ0) is 10.7. The lowest BCUT2D eigenvalue weighted by molar-refractivity contribution is -0.122. The van der Waals surface area contributed by atoms with Gasteiger partial charge >= 0.3 is 0 Å². The van der Waals surface area contributed by atoms with Crippen LogP contribution in [0.2, 0.25) is 0 Å². The Labute approximate surface area is 88.2 Å². The molecule has 5 nitrogen and oxygen atoms in total. The largest absolute Gasteiger partial charge is 0.381 e. The lowest BCUT2D eigenvalue weighted by atomic mass is 9.99. The molecule has 1 aliphatic heterocycles. The molecule has 2 rings (SSSR count). The van der Waals surface area contributed by atoms with Crippen molar-refractivity contribution < 1.29 is 9.53 Å². The van der Waals surface area contributed by atoms with Crippen molar-refractivity contribution in [2.24, 2.45) is 5.92 Å². The van der Waals surface area contributed by atoms with Crippen LogP contribution in [0.4, 0.5) is 5.82 Å². The van der Waals surface area contributed by atoms with Gasteiger partial charge in [-0.15, -0.1) is 0 Å². The van der Waals surface area contributed by atoms with Crippen LogP contribution in [0.15, 0.2) is 6.07 Å². The van der Waals surface area contributed by atoms with E-state index < -0.39 is 0 Å². The molecule has 5 heteroatoms. The van der Waals surface area contributed by atoms with Crippen molar-refractivity contribution in [3.05, 3.63) is 11.8 Å². The average Bonchev–Trinajstić information content (AvgIpc) is 2.65. The predicted molar refractivity (Wildman–Crippen MR) is 55.5 cm³/mol. The number of carbonyl (C=O) groups is 1. The van der Waals surface area contributed by atoms with Gasteiger partial charge in [-0.1, -0.05) is 0 Å². The van der Waals surface area contributed by atoms with Crippen LogP contribution in [0.3, 0.4) is 0 Å². The van der Waals surface area contributed by atoms with Crippen LogP contribution in [-0.4, -0.2) is 29.3 Å². The Kier molecular flexibility index (Phi) is 3.01. The number of rotatable bonds is 2. The van der Waals surface area contributed by atoms with E-state index in [0.29, 0.717) is 19.0 Å². The second kappa shape index (κ2) is 4.44. The van der Waals surface area contributed by atoms with E-state index in [9.17, 15) is 4.79 Å². The van der Waals surface area contributed by atoms with Gasteiger partial charge in [-0.3, -0.25) is 9.89 Å². The number of H-pyrrole nitrogens is 1. The Balaban J connectivity index is 1.91. The van der Waals surface area contributed by atoms with Gasteiger partial charge in [0, 0.05) is 30.9 Å². The molecule has 0 unspecified atom stereocenters. The summed E-state index contributed by atoms with van der Waals surface area (Å²) in [4.78, 5) is 11.8. The number of carbonyl (C=O) groups excluding carboxylic acids is 1. The Hall–Kier alpha value is -1.36. The minimum atomic E-state index is 0.0461. The number of ether oxygens (including phenoxy) is 1.